The third kappa shape index (κ3) is 22.8. The summed E-state index contributed by atoms with van der Waals surface area (Å²) in [6.45, 7) is 4.31. The second-order valence-electron chi connectivity index (χ2n) is 9.50. The molecule has 0 aliphatic rings. The third-order valence-electron chi connectivity index (χ3n) is 5.99. The first-order valence-electron chi connectivity index (χ1n) is 14.5. The standard InChI is InChI=1S/C26H56N2O14/c27-3-7-37-9-11-39-13-15-41-17-18-42-16-14-40-12-10-38-8-4-28(19-23(33)25(35)21(31)1-5-29)20-24(34)26(36)22(32)2-6-30/h21-26,29-36H,1-20,27H2. The van der Waals surface area contributed by atoms with E-state index in [1.165, 1.54) is 4.90 Å². The van der Waals surface area contributed by atoms with E-state index in [1.807, 2.05) is 0 Å². The maximum atomic E-state index is 10.3. The number of aliphatic hydroxyl groups excluding tert-OH is 8. The zero-order valence-corrected chi connectivity index (χ0v) is 24.7. The predicted molar refractivity (Wildman–Crippen MR) is 150 cm³/mol. The molecule has 6 atom stereocenters. The lowest BCUT2D eigenvalue weighted by molar-refractivity contribution is -0.0945. The molecule has 42 heavy (non-hydrogen) atoms. The van der Waals surface area contributed by atoms with Gasteiger partial charge >= 0.3 is 0 Å². The molecule has 6 unspecified atom stereocenters. The van der Waals surface area contributed by atoms with Crippen LogP contribution in [0.1, 0.15) is 12.8 Å². The Morgan fingerprint density at radius 1 is 0.452 bits per heavy atom. The summed E-state index contributed by atoms with van der Waals surface area (Å²) in [7, 11) is 0. The minimum absolute atomic E-state index is 0.128. The van der Waals surface area contributed by atoms with Crippen molar-refractivity contribution in [1.29, 1.82) is 0 Å². The van der Waals surface area contributed by atoms with E-state index in [2.05, 4.69) is 0 Å². The molecule has 0 aliphatic carbocycles. The number of aliphatic hydroxyl groups is 8. The lowest BCUT2D eigenvalue weighted by Crippen LogP contribution is -2.50. The summed E-state index contributed by atoms with van der Waals surface area (Å²) in [5.41, 5.74) is 5.32. The smallest absolute Gasteiger partial charge is 0.107 e. The molecule has 0 saturated heterocycles. The Labute approximate surface area is 248 Å². The number of hydrogen-bond acceptors (Lipinski definition) is 16. The predicted octanol–water partition coefficient (Wildman–Crippen LogP) is -4.72. The van der Waals surface area contributed by atoms with Crippen molar-refractivity contribution in [3.8, 4) is 0 Å². The van der Waals surface area contributed by atoms with Crippen LogP contribution in [0.25, 0.3) is 0 Å². The molecule has 0 aromatic rings. The first-order valence-corrected chi connectivity index (χ1v) is 14.5. The van der Waals surface area contributed by atoms with Gasteiger partial charge in [-0.1, -0.05) is 0 Å². The van der Waals surface area contributed by atoms with Gasteiger partial charge in [-0.3, -0.25) is 4.90 Å². The molecular formula is C26H56N2O14. The molecule has 0 aliphatic heterocycles. The fourth-order valence-electron chi connectivity index (χ4n) is 3.60. The van der Waals surface area contributed by atoms with Crippen LogP contribution in [0, 0.1) is 0 Å². The number of ether oxygens (including phenoxy) is 6. The molecule has 0 rings (SSSR count). The summed E-state index contributed by atoms with van der Waals surface area (Å²) in [6.07, 6.45) is -8.90. The van der Waals surface area contributed by atoms with Crippen molar-refractivity contribution in [2.75, 3.05) is 119 Å². The van der Waals surface area contributed by atoms with Crippen molar-refractivity contribution in [2.24, 2.45) is 5.73 Å². The molecule has 0 amide bonds. The SMILES string of the molecule is NCCOCCOCCOCCOCCOCCOCCN(CC(O)C(O)C(O)CCO)CC(O)C(O)C(O)CCO. The summed E-state index contributed by atoms with van der Waals surface area (Å²) >= 11 is 0. The molecule has 254 valence electrons. The van der Waals surface area contributed by atoms with Crippen LogP contribution in [0.2, 0.25) is 0 Å². The van der Waals surface area contributed by atoms with Gasteiger partial charge in [0.25, 0.3) is 0 Å². The van der Waals surface area contributed by atoms with Crippen LogP contribution in [0.5, 0.6) is 0 Å². The summed E-state index contributed by atoms with van der Waals surface area (Å²) in [5, 5.41) is 78.5. The van der Waals surface area contributed by atoms with Gasteiger partial charge in [-0.15, -0.1) is 0 Å². The van der Waals surface area contributed by atoms with Gasteiger partial charge in [0.1, 0.15) is 12.2 Å². The summed E-state index contributed by atoms with van der Waals surface area (Å²) < 4.78 is 32.3. The van der Waals surface area contributed by atoms with Crippen molar-refractivity contribution in [1.82, 2.24) is 4.90 Å². The average molecular weight is 621 g/mol. The van der Waals surface area contributed by atoms with Gasteiger partial charge in [-0.2, -0.15) is 0 Å². The van der Waals surface area contributed by atoms with Gasteiger partial charge < -0.3 is 75.0 Å². The van der Waals surface area contributed by atoms with Gasteiger partial charge in [0.05, 0.1) is 104 Å². The number of hydrogen-bond donors (Lipinski definition) is 9. The third-order valence-corrected chi connectivity index (χ3v) is 5.99. The quantitative estimate of drug-likeness (QED) is 0.0321. The lowest BCUT2D eigenvalue weighted by atomic mass is 10.0. The summed E-state index contributed by atoms with van der Waals surface area (Å²) in [4.78, 5) is 1.50. The van der Waals surface area contributed by atoms with Crippen LogP contribution >= 0.6 is 0 Å². The van der Waals surface area contributed by atoms with Crippen LogP contribution < -0.4 is 5.73 Å². The first kappa shape index (κ1) is 41.4. The van der Waals surface area contributed by atoms with Crippen LogP contribution in [-0.4, -0.2) is 201 Å². The van der Waals surface area contributed by atoms with E-state index in [1.54, 1.807) is 0 Å². The van der Waals surface area contributed by atoms with Gasteiger partial charge in [-0.25, -0.2) is 0 Å². The van der Waals surface area contributed by atoms with Crippen molar-refractivity contribution >= 4 is 0 Å². The number of nitrogens with two attached hydrogens (primary N) is 1. The Bertz CT molecular complexity index is 545. The molecule has 16 nitrogen and oxygen atoms in total. The van der Waals surface area contributed by atoms with E-state index in [-0.39, 0.29) is 58.9 Å². The second kappa shape index (κ2) is 29.1. The molecule has 0 spiro atoms. The van der Waals surface area contributed by atoms with E-state index in [9.17, 15) is 30.6 Å². The van der Waals surface area contributed by atoms with Gasteiger partial charge in [0.15, 0.2) is 0 Å². The van der Waals surface area contributed by atoms with Crippen LogP contribution in [0.3, 0.4) is 0 Å². The van der Waals surface area contributed by atoms with Crippen LogP contribution in [0.15, 0.2) is 0 Å². The summed E-state index contributed by atoms with van der Waals surface area (Å²) in [5.74, 6) is 0. The minimum Gasteiger partial charge on any atom is -0.396 e. The highest BCUT2D eigenvalue weighted by Gasteiger charge is 2.30. The van der Waals surface area contributed by atoms with Crippen LogP contribution in [-0.2, 0) is 28.4 Å². The lowest BCUT2D eigenvalue weighted by Gasteiger charge is -2.32. The fraction of sp³-hybridized carbons (Fsp3) is 1.00. The van der Waals surface area contributed by atoms with Crippen molar-refractivity contribution in [2.45, 2.75) is 49.5 Å². The Hall–Kier alpha value is -0.640. The number of rotatable bonds is 32. The highest BCUT2D eigenvalue weighted by molar-refractivity contribution is 4.82. The molecule has 0 aromatic heterocycles. The largest absolute Gasteiger partial charge is 0.396 e. The van der Waals surface area contributed by atoms with E-state index in [0.717, 1.165) is 0 Å². The molecule has 0 bridgehead atoms. The molecule has 10 N–H and O–H groups in total. The second-order valence-corrected chi connectivity index (χ2v) is 9.50. The molecule has 0 aromatic carbocycles. The molecule has 0 saturated carbocycles. The Kier molecular flexibility index (Phi) is 28.6. The zero-order chi connectivity index (χ0) is 31.4. The van der Waals surface area contributed by atoms with Gasteiger partial charge in [0, 0.05) is 39.4 Å². The van der Waals surface area contributed by atoms with Gasteiger partial charge in [-0.05, 0) is 12.8 Å². The van der Waals surface area contributed by atoms with E-state index in [0.29, 0.717) is 72.6 Å². The first-order chi connectivity index (χ1) is 20.3. The zero-order valence-electron chi connectivity index (χ0n) is 24.7. The highest BCUT2D eigenvalue weighted by atomic mass is 16.6. The summed E-state index contributed by atoms with van der Waals surface area (Å²) in [6, 6.07) is 0. The molecular weight excluding hydrogens is 564 g/mol. The van der Waals surface area contributed by atoms with Gasteiger partial charge in [0.2, 0.25) is 0 Å². The maximum absolute atomic E-state index is 10.3. The Morgan fingerprint density at radius 3 is 1.07 bits per heavy atom. The maximum Gasteiger partial charge on any atom is 0.107 e. The molecule has 0 fully saturated rings. The Morgan fingerprint density at radius 2 is 0.762 bits per heavy atom. The average Bonchev–Trinajstić information content (AvgIpc) is 2.97. The highest BCUT2D eigenvalue weighted by Crippen LogP contribution is 2.10. The fourth-order valence-corrected chi connectivity index (χ4v) is 3.60. The number of nitrogens with zero attached hydrogens (tertiary/aromatic N) is 1. The monoisotopic (exact) mass is 620 g/mol. The minimum atomic E-state index is -1.55. The van der Waals surface area contributed by atoms with E-state index >= 15 is 0 Å². The van der Waals surface area contributed by atoms with Crippen molar-refractivity contribution in [3.05, 3.63) is 0 Å². The van der Waals surface area contributed by atoms with E-state index < -0.39 is 36.6 Å². The van der Waals surface area contributed by atoms with Crippen molar-refractivity contribution in [3.63, 3.8) is 0 Å². The molecule has 16 heteroatoms. The van der Waals surface area contributed by atoms with E-state index in [4.69, 9.17) is 44.4 Å². The normalized spacial score (nSPS) is 16.4. The van der Waals surface area contributed by atoms with Crippen LogP contribution in [0.4, 0.5) is 0 Å². The Balaban J connectivity index is 4.12. The molecule has 0 radical (unpaired) electrons. The topological polar surface area (TPSA) is 246 Å². The van der Waals surface area contributed by atoms with Crippen molar-refractivity contribution < 1.29 is 69.3 Å². The molecule has 0 heterocycles.